The highest BCUT2D eigenvalue weighted by Crippen LogP contribution is 2.45. The van der Waals surface area contributed by atoms with Crippen LogP contribution in [-0.4, -0.2) is 38.0 Å². The number of furan rings is 1. The van der Waals surface area contributed by atoms with Crippen LogP contribution in [0.2, 0.25) is 10.0 Å². The van der Waals surface area contributed by atoms with Crippen molar-refractivity contribution in [3.63, 3.8) is 0 Å². The zero-order chi connectivity index (χ0) is 18.7. The number of nitrogens with one attached hydrogen (secondary N) is 2. The number of halogens is 2. The van der Waals surface area contributed by atoms with Gasteiger partial charge in [-0.25, -0.2) is 0 Å². The molecule has 0 aliphatic carbocycles. The third-order valence-electron chi connectivity index (χ3n) is 3.78. The fourth-order valence-electron chi connectivity index (χ4n) is 2.56. The molecule has 1 aliphatic rings. The maximum absolute atomic E-state index is 9.61. The van der Waals surface area contributed by atoms with E-state index in [4.69, 9.17) is 39.8 Å². The second kappa shape index (κ2) is 8.16. The van der Waals surface area contributed by atoms with Crippen LogP contribution < -0.4 is 10.7 Å². The second-order valence-electron chi connectivity index (χ2n) is 5.83. The predicted octanol–water partition coefficient (Wildman–Crippen LogP) is 4.57. The number of hydrazone groups is 1. The predicted molar refractivity (Wildman–Crippen MR) is 112 cm³/mol. The van der Waals surface area contributed by atoms with Crippen LogP contribution in [0.5, 0.6) is 0 Å². The normalized spacial score (nSPS) is 20.2. The van der Waals surface area contributed by atoms with Crippen LogP contribution in [0.15, 0.2) is 39.9 Å². The molecule has 6 nitrogen and oxygen atoms in total. The van der Waals surface area contributed by atoms with Crippen molar-refractivity contribution in [2.75, 3.05) is 11.5 Å². The lowest BCUT2D eigenvalue weighted by atomic mass is 10.2. The number of thiocarbonyl (C=S) groups is 1. The van der Waals surface area contributed by atoms with Crippen LogP contribution in [-0.2, 0) is 0 Å². The third kappa shape index (κ3) is 5.12. The highest BCUT2D eigenvalue weighted by molar-refractivity contribution is 8.24. The lowest BCUT2D eigenvalue weighted by molar-refractivity contribution is 0.494. The molecule has 1 fully saturated rings. The van der Waals surface area contributed by atoms with Gasteiger partial charge >= 0.3 is 0 Å². The maximum atomic E-state index is 9.61. The Morgan fingerprint density at radius 1 is 1.31 bits per heavy atom. The Labute approximate surface area is 167 Å². The summed E-state index contributed by atoms with van der Waals surface area (Å²) >= 11 is 17.3. The molecule has 4 N–H and O–H groups in total. The first-order valence-corrected chi connectivity index (χ1v) is 10.8. The molecule has 1 aromatic heterocycles. The van der Waals surface area contributed by atoms with E-state index in [1.807, 2.05) is 0 Å². The van der Waals surface area contributed by atoms with E-state index in [2.05, 4.69) is 15.8 Å². The van der Waals surface area contributed by atoms with Gasteiger partial charge in [-0.1, -0.05) is 23.2 Å². The number of nitrogens with zero attached hydrogens (tertiary/aromatic N) is 1. The van der Waals surface area contributed by atoms with Crippen molar-refractivity contribution >= 4 is 57.3 Å². The van der Waals surface area contributed by atoms with Gasteiger partial charge in [-0.05, 0) is 49.0 Å². The first kappa shape index (κ1) is 19.5. The molecule has 1 saturated heterocycles. The molecule has 140 valence electrons. The molecular weight excluding hydrogens is 417 g/mol. The minimum Gasteiger partial charge on any atom is -0.455 e. The van der Waals surface area contributed by atoms with Gasteiger partial charge in [-0.3, -0.25) is 14.5 Å². The SMILES string of the molecule is OS1(O)CCC(NC(=S)N/N=C/c2ccc(-c3cc(Cl)ccc3Cl)o2)C1. The van der Waals surface area contributed by atoms with E-state index < -0.39 is 10.6 Å². The molecule has 0 radical (unpaired) electrons. The first-order valence-electron chi connectivity index (χ1n) is 7.71. The summed E-state index contributed by atoms with van der Waals surface area (Å²) in [7, 11) is -2.46. The number of benzene rings is 1. The molecule has 0 saturated carbocycles. The zero-order valence-electron chi connectivity index (χ0n) is 13.5. The molecule has 0 bridgehead atoms. The Bertz CT molecular complexity index is 842. The van der Waals surface area contributed by atoms with E-state index in [-0.39, 0.29) is 6.04 Å². The summed E-state index contributed by atoms with van der Waals surface area (Å²) in [6.45, 7) is 0. The van der Waals surface area contributed by atoms with Crippen molar-refractivity contribution in [2.45, 2.75) is 12.5 Å². The smallest absolute Gasteiger partial charge is 0.187 e. The number of hydrogen-bond donors (Lipinski definition) is 4. The van der Waals surface area contributed by atoms with Crippen LogP contribution in [0.4, 0.5) is 0 Å². The molecular formula is C16H17Cl2N3O3S2. The summed E-state index contributed by atoms with van der Waals surface area (Å²) in [6.07, 6.45) is 2.15. The van der Waals surface area contributed by atoms with Crippen molar-refractivity contribution in [3.8, 4) is 11.3 Å². The Balaban J connectivity index is 1.56. The standard InChI is InChI=1S/C16H17Cl2N3O3S2/c17-10-1-3-14(18)13(7-10)15-4-2-12(24-15)8-19-21-16(25)20-11-5-6-26(22,23)9-11/h1-4,7-8,11,22-23H,5-6,9H2,(H2,20,21,25)/b19-8+. The van der Waals surface area contributed by atoms with E-state index in [0.717, 1.165) is 0 Å². The van der Waals surface area contributed by atoms with Crippen molar-refractivity contribution in [3.05, 3.63) is 46.1 Å². The van der Waals surface area contributed by atoms with Crippen LogP contribution in [0.1, 0.15) is 12.2 Å². The fourth-order valence-corrected chi connectivity index (χ4v) is 4.88. The van der Waals surface area contributed by atoms with Crippen molar-refractivity contribution in [1.29, 1.82) is 0 Å². The average Bonchev–Trinajstić information content (AvgIpc) is 3.16. The minimum atomic E-state index is -2.46. The Kier molecular flexibility index (Phi) is 6.11. The van der Waals surface area contributed by atoms with Crippen molar-refractivity contribution in [1.82, 2.24) is 10.7 Å². The largest absolute Gasteiger partial charge is 0.455 e. The van der Waals surface area contributed by atoms with Crippen LogP contribution in [0, 0.1) is 0 Å². The summed E-state index contributed by atoms with van der Waals surface area (Å²) < 4.78 is 24.9. The minimum absolute atomic E-state index is 0.0598. The lowest BCUT2D eigenvalue weighted by Crippen LogP contribution is -2.40. The van der Waals surface area contributed by atoms with Gasteiger partial charge < -0.3 is 9.73 Å². The van der Waals surface area contributed by atoms with Gasteiger partial charge in [0.25, 0.3) is 0 Å². The van der Waals surface area contributed by atoms with E-state index in [9.17, 15) is 9.11 Å². The second-order valence-corrected chi connectivity index (χ2v) is 9.43. The Hall–Kier alpha value is -1.29. The van der Waals surface area contributed by atoms with E-state index in [1.165, 1.54) is 6.21 Å². The quantitative estimate of drug-likeness (QED) is 0.320. The molecule has 1 atom stereocenters. The van der Waals surface area contributed by atoms with E-state index in [1.54, 1.807) is 30.3 Å². The molecule has 2 aromatic rings. The fraction of sp³-hybridized carbons (Fsp3) is 0.250. The van der Waals surface area contributed by atoms with Crippen molar-refractivity contribution < 1.29 is 13.5 Å². The molecule has 0 amide bonds. The van der Waals surface area contributed by atoms with Crippen LogP contribution >= 0.6 is 46.0 Å². The molecule has 1 unspecified atom stereocenters. The van der Waals surface area contributed by atoms with Crippen molar-refractivity contribution in [2.24, 2.45) is 5.10 Å². The lowest BCUT2D eigenvalue weighted by Gasteiger charge is -2.26. The van der Waals surface area contributed by atoms with E-state index in [0.29, 0.717) is 50.2 Å². The molecule has 0 spiro atoms. The summed E-state index contributed by atoms with van der Waals surface area (Å²) in [6, 6.07) is 8.61. The topological polar surface area (TPSA) is 90.0 Å². The van der Waals surface area contributed by atoms with Gasteiger partial charge in [0, 0.05) is 22.4 Å². The van der Waals surface area contributed by atoms with Crippen LogP contribution in [0.25, 0.3) is 11.3 Å². The average molecular weight is 434 g/mol. The van der Waals surface area contributed by atoms with Gasteiger partial charge in [0.2, 0.25) is 0 Å². The van der Waals surface area contributed by atoms with Gasteiger partial charge in [-0.15, -0.1) is 0 Å². The van der Waals surface area contributed by atoms with Gasteiger partial charge in [0.05, 0.1) is 17.0 Å². The summed E-state index contributed by atoms with van der Waals surface area (Å²) in [5.74, 6) is 1.80. The molecule has 3 rings (SSSR count). The zero-order valence-corrected chi connectivity index (χ0v) is 16.6. The highest BCUT2D eigenvalue weighted by atomic mass is 35.5. The summed E-state index contributed by atoms with van der Waals surface area (Å²) in [4.78, 5) is 0. The summed E-state index contributed by atoms with van der Waals surface area (Å²) in [5.41, 5.74) is 3.38. The first-order chi connectivity index (χ1) is 12.3. The molecule has 10 heteroatoms. The number of hydrogen-bond acceptors (Lipinski definition) is 5. The van der Waals surface area contributed by atoms with Gasteiger partial charge in [0.15, 0.2) is 5.11 Å². The molecule has 2 heterocycles. The summed E-state index contributed by atoms with van der Waals surface area (Å²) in [5, 5.41) is 8.45. The highest BCUT2D eigenvalue weighted by Gasteiger charge is 2.28. The van der Waals surface area contributed by atoms with Crippen LogP contribution in [0.3, 0.4) is 0 Å². The monoisotopic (exact) mass is 433 g/mol. The molecule has 26 heavy (non-hydrogen) atoms. The number of rotatable bonds is 4. The van der Waals surface area contributed by atoms with Gasteiger partial charge in [-0.2, -0.15) is 15.7 Å². The Morgan fingerprint density at radius 2 is 2.12 bits per heavy atom. The van der Waals surface area contributed by atoms with Gasteiger partial charge in [0.1, 0.15) is 11.5 Å². The third-order valence-corrected chi connectivity index (χ3v) is 6.37. The Morgan fingerprint density at radius 3 is 2.85 bits per heavy atom. The molecule has 1 aliphatic heterocycles. The van der Waals surface area contributed by atoms with E-state index >= 15 is 0 Å². The maximum Gasteiger partial charge on any atom is 0.187 e. The molecule has 1 aromatic carbocycles.